The normalized spacial score (nSPS) is 11.1. The molecule has 4 heteroatoms. The smallest absolute Gasteiger partial charge is 0.0949 e. The molecule has 96 valence electrons. The van der Waals surface area contributed by atoms with E-state index in [2.05, 4.69) is 62.8 Å². The second kappa shape index (κ2) is 6.16. The highest BCUT2D eigenvalue weighted by Gasteiger charge is 2.03. The van der Waals surface area contributed by atoms with Gasteiger partial charge in [-0.05, 0) is 17.2 Å². The standard InChI is InChI=1S/C14H18BrN3/c1-11(2)17-8-12-3-4-13(14(15)7-12)9-18-6-5-16-10-18/h3-7,10-11,17H,8-9H2,1-2H3. The van der Waals surface area contributed by atoms with Gasteiger partial charge in [-0.15, -0.1) is 0 Å². The van der Waals surface area contributed by atoms with Crippen molar-refractivity contribution in [1.82, 2.24) is 14.9 Å². The number of hydrogen-bond donors (Lipinski definition) is 1. The van der Waals surface area contributed by atoms with Crippen molar-refractivity contribution in [1.29, 1.82) is 0 Å². The molecule has 0 atom stereocenters. The number of imidazole rings is 1. The fourth-order valence-corrected chi connectivity index (χ4v) is 2.28. The molecule has 3 nitrogen and oxygen atoms in total. The molecule has 0 bridgehead atoms. The Kier molecular flexibility index (Phi) is 4.55. The average Bonchev–Trinajstić information content (AvgIpc) is 2.82. The summed E-state index contributed by atoms with van der Waals surface area (Å²) in [4.78, 5) is 4.05. The Bertz CT molecular complexity index is 492. The summed E-state index contributed by atoms with van der Waals surface area (Å²) in [6.07, 6.45) is 5.61. The molecule has 0 aliphatic rings. The largest absolute Gasteiger partial charge is 0.333 e. The lowest BCUT2D eigenvalue weighted by Gasteiger charge is -2.11. The Balaban J connectivity index is 2.05. The fourth-order valence-electron chi connectivity index (χ4n) is 1.73. The van der Waals surface area contributed by atoms with Crippen LogP contribution in [0.4, 0.5) is 0 Å². The van der Waals surface area contributed by atoms with E-state index in [1.165, 1.54) is 11.1 Å². The maximum absolute atomic E-state index is 4.05. The first-order chi connectivity index (χ1) is 8.65. The van der Waals surface area contributed by atoms with Crippen LogP contribution in [0.25, 0.3) is 0 Å². The molecule has 0 amide bonds. The van der Waals surface area contributed by atoms with Gasteiger partial charge in [0.1, 0.15) is 0 Å². The van der Waals surface area contributed by atoms with E-state index in [0.717, 1.165) is 17.6 Å². The summed E-state index contributed by atoms with van der Waals surface area (Å²) < 4.78 is 3.21. The molecular formula is C14H18BrN3. The summed E-state index contributed by atoms with van der Waals surface area (Å²) in [6, 6.07) is 7.03. The summed E-state index contributed by atoms with van der Waals surface area (Å²) in [5, 5.41) is 3.42. The monoisotopic (exact) mass is 307 g/mol. The Labute approximate surface area is 116 Å². The van der Waals surface area contributed by atoms with Gasteiger partial charge in [0.25, 0.3) is 0 Å². The van der Waals surface area contributed by atoms with Gasteiger partial charge in [0.2, 0.25) is 0 Å². The predicted molar refractivity (Wildman–Crippen MR) is 77.4 cm³/mol. The van der Waals surface area contributed by atoms with Gasteiger partial charge < -0.3 is 9.88 Å². The second-order valence-electron chi connectivity index (χ2n) is 4.70. The van der Waals surface area contributed by atoms with E-state index in [1.54, 1.807) is 6.20 Å². The van der Waals surface area contributed by atoms with Crippen molar-refractivity contribution in [3.8, 4) is 0 Å². The molecule has 1 N–H and O–H groups in total. The third-order valence-corrected chi connectivity index (χ3v) is 3.48. The zero-order chi connectivity index (χ0) is 13.0. The molecule has 18 heavy (non-hydrogen) atoms. The van der Waals surface area contributed by atoms with Gasteiger partial charge in [0.05, 0.1) is 6.33 Å². The van der Waals surface area contributed by atoms with E-state index < -0.39 is 0 Å². The zero-order valence-electron chi connectivity index (χ0n) is 10.7. The Morgan fingerprint density at radius 2 is 2.22 bits per heavy atom. The number of nitrogens with one attached hydrogen (secondary N) is 1. The van der Waals surface area contributed by atoms with Gasteiger partial charge in [0, 0.05) is 36.0 Å². The van der Waals surface area contributed by atoms with Gasteiger partial charge >= 0.3 is 0 Å². The molecule has 2 aromatic rings. The van der Waals surface area contributed by atoms with E-state index in [-0.39, 0.29) is 0 Å². The third kappa shape index (κ3) is 3.68. The minimum absolute atomic E-state index is 0.509. The van der Waals surface area contributed by atoms with Crippen LogP contribution in [0.3, 0.4) is 0 Å². The molecule has 1 aromatic heterocycles. The number of rotatable bonds is 5. The summed E-state index contributed by atoms with van der Waals surface area (Å²) in [5.74, 6) is 0. The SMILES string of the molecule is CC(C)NCc1ccc(Cn2ccnc2)c(Br)c1. The quantitative estimate of drug-likeness (QED) is 0.919. The van der Waals surface area contributed by atoms with Crippen LogP contribution in [-0.4, -0.2) is 15.6 Å². The number of nitrogens with zero attached hydrogens (tertiary/aromatic N) is 2. The van der Waals surface area contributed by atoms with Crippen LogP contribution >= 0.6 is 15.9 Å². The summed E-state index contributed by atoms with van der Waals surface area (Å²) in [5.41, 5.74) is 2.56. The van der Waals surface area contributed by atoms with E-state index in [9.17, 15) is 0 Å². The molecule has 0 aliphatic carbocycles. The van der Waals surface area contributed by atoms with Crippen LogP contribution in [0, 0.1) is 0 Å². The van der Waals surface area contributed by atoms with E-state index in [0.29, 0.717) is 6.04 Å². The highest BCUT2D eigenvalue weighted by Crippen LogP contribution is 2.19. The summed E-state index contributed by atoms with van der Waals surface area (Å²) >= 11 is 3.64. The summed E-state index contributed by atoms with van der Waals surface area (Å²) in [6.45, 7) is 6.06. The zero-order valence-corrected chi connectivity index (χ0v) is 12.3. The minimum Gasteiger partial charge on any atom is -0.333 e. The van der Waals surface area contributed by atoms with Crippen LogP contribution in [0.5, 0.6) is 0 Å². The van der Waals surface area contributed by atoms with Crippen molar-refractivity contribution in [2.75, 3.05) is 0 Å². The van der Waals surface area contributed by atoms with Gasteiger partial charge in [0.15, 0.2) is 0 Å². The number of halogens is 1. The molecule has 2 rings (SSSR count). The molecule has 0 saturated heterocycles. The van der Waals surface area contributed by atoms with E-state index in [1.807, 2.05) is 12.5 Å². The van der Waals surface area contributed by atoms with Crippen molar-refractivity contribution < 1.29 is 0 Å². The first-order valence-corrected chi connectivity index (χ1v) is 6.91. The van der Waals surface area contributed by atoms with E-state index >= 15 is 0 Å². The lowest BCUT2D eigenvalue weighted by atomic mass is 10.1. The van der Waals surface area contributed by atoms with Crippen molar-refractivity contribution >= 4 is 15.9 Å². The van der Waals surface area contributed by atoms with Crippen molar-refractivity contribution in [3.63, 3.8) is 0 Å². The highest BCUT2D eigenvalue weighted by atomic mass is 79.9. The van der Waals surface area contributed by atoms with Crippen LogP contribution in [0.2, 0.25) is 0 Å². The molecule has 1 aromatic carbocycles. The molecule has 0 saturated carbocycles. The van der Waals surface area contributed by atoms with Gasteiger partial charge in [-0.1, -0.05) is 41.9 Å². The number of hydrogen-bond acceptors (Lipinski definition) is 2. The lowest BCUT2D eigenvalue weighted by Crippen LogP contribution is -2.21. The van der Waals surface area contributed by atoms with Gasteiger partial charge in [-0.2, -0.15) is 0 Å². The molecule has 0 spiro atoms. The maximum Gasteiger partial charge on any atom is 0.0949 e. The fraction of sp³-hybridized carbons (Fsp3) is 0.357. The Hall–Kier alpha value is -1.13. The average molecular weight is 308 g/mol. The number of benzene rings is 1. The van der Waals surface area contributed by atoms with Gasteiger partial charge in [-0.25, -0.2) is 4.98 Å². The van der Waals surface area contributed by atoms with Crippen LogP contribution < -0.4 is 5.32 Å². The van der Waals surface area contributed by atoms with Crippen LogP contribution in [0.15, 0.2) is 41.4 Å². The van der Waals surface area contributed by atoms with Crippen LogP contribution in [-0.2, 0) is 13.1 Å². The molecule has 0 aliphatic heterocycles. The van der Waals surface area contributed by atoms with E-state index in [4.69, 9.17) is 0 Å². The molecule has 1 heterocycles. The Morgan fingerprint density at radius 3 is 2.83 bits per heavy atom. The molecule has 0 unspecified atom stereocenters. The molecule has 0 fully saturated rings. The van der Waals surface area contributed by atoms with Crippen molar-refractivity contribution in [2.45, 2.75) is 33.0 Å². The highest BCUT2D eigenvalue weighted by molar-refractivity contribution is 9.10. The molecular weight excluding hydrogens is 290 g/mol. The van der Waals surface area contributed by atoms with Crippen molar-refractivity contribution in [2.24, 2.45) is 0 Å². The lowest BCUT2D eigenvalue weighted by molar-refractivity contribution is 0.588. The third-order valence-electron chi connectivity index (χ3n) is 2.74. The number of aromatic nitrogens is 2. The second-order valence-corrected chi connectivity index (χ2v) is 5.55. The first-order valence-electron chi connectivity index (χ1n) is 6.11. The Morgan fingerprint density at radius 1 is 1.39 bits per heavy atom. The molecule has 0 radical (unpaired) electrons. The minimum atomic E-state index is 0.509. The van der Waals surface area contributed by atoms with Gasteiger partial charge in [-0.3, -0.25) is 0 Å². The van der Waals surface area contributed by atoms with Crippen LogP contribution in [0.1, 0.15) is 25.0 Å². The maximum atomic E-state index is 4.05. The predicted octanol–water partition coefficient (Wildman–Crippen LogP) is 3.19. The van der Waals surface area contributed by atoms with Crippen molar-refractivity contribution in [3.05, 3.63) is 52.5 Å². The topological polar surface area (TPSA) is 29.9 Å². The first kappa shape index (κ1) is 13.3. The summed E-state index contributed by atoms with van der Waals surface area (Å²) in [7, 11) is 0.